The van der Waals surface area contributed by atoms with Crippen LogP contribution in [0.4, 0.5) is 0 Å². The van der Waals surface area contributed by atoms with Gasteiger partial charge in [-0.25, -0.2) is 0 Å². The molecule has 1 aliphatic carbocycles. The van der Waals surface area contributed by atoms with Crippen molar-refractivity contribution in [3.8, 4) is 0 Å². The number of rotatable bonds is 3. The third kappa shape index (κ3) is 1.60. The molecule has 0 aliphatic heterocycles. The molecule has 1 aliphatic rings. The van der Waals surface area contributed by atoms with Crippen molar-refractivity contribution in [2.24, 2.45) is 5.92 Å². The van der Waals surface area contributed by atoms with Crippen LogP contribution in [-0.4, -0.2) is 12.1 Å². The zero-order valence-electron chi connectivity index (χ0n) is 6.93. The van der Waals surface area contributed by atoms with Crippen LogP contribution in [0, 0.1) is 5.92 Å². The molecule has 1 N–H and O–H groups in total. The van der Waals surface area contributed by atoms with Gasteiger partial charge in [-0.15, -0.1) is 6.58 Å². The molecular weight excluding hydrogens is 122 g/mol. The van der Waals surface area contributed by atoms with Crippen molar-refractivity contribution >= 4 is 0 Å². The maximum absolute atomic E-state index is 3.73. The van der Waals surface area contributed by atoms with E-state index in [1.165, 1.54) is 12.8 Å². The van der Waals surface area contributed by atoms with Crippen LogP contribution < -0.4 is 5.32 Å². The highest BCUT2D eigenvalue weighted by atomic mass is 15.0. The number of hydrogen-bond acceptors (Lipinski definition) is 1. The van der Waals surface area contributed by atoms with Gasteiger partial charge in [0.05, 0.1) is 0 Å². The molecule has 0 amide bonds. The van der Waals surface area contributed by atoms with E-state index in [2.05, 4.69) is 25.7 Å². The molecule has 1 nitrogen and oxygen atoms in total. The van der Waals surface area contributed by atoms with Crippen molar-refractivity contribution in [3.63, 3.8) is 0 Å². The Morgan fingerprint density at radius 2 is 2.30 bits per heavy atom. The summed E-state index contributed by atoms with van der Waals surface area (Å²) < 4.78 is 0. The highest BCUT2D eigenvalue weighted by Crippen LogP contribution is 2.26. The van der Waals surface area contributed by atoms with E-state index in [0.29, 0.717) is 6.04 Å². The Hall–Kier alpha value is -0.300. The van der Waals surface area contributed by atoms with Crippen molar-refractivity contribution < 1.29 is 0 Å². The Bertz CT molecular complexity index is 120. The minimum Gasteiger partial charge on any atom is -0.308 e. The molecule has 0 bridgehead atoms. The van der Waals surface area contributed by atoms with Crippen molar-refractivity contribution in [2.45, 2.75) is 38.8 Å². The first-order chi connectivity index (χ1) is 4.74. The topological polar surface area (TPSA) is 12.0 Å². The molecule has 3 atom stereocenters. The molecule has 1 rings (SSSR count). The van der Waals surface area contributed by atoms with Crippen molar-refractivity contribution in [2.75, 3.05) is 0 Å². The summed E-state index contributed by atoms with van der Waals surface area (Å²) in [6.45, 7) is 8.19. The molecule has 58 valence electrons. The minimum atomic E-state index is 0.479. The Morgan fingerprint density at radius 3 is 2.60 bits per heavy atom. The summed E-state index contributed by atoms with van der Waals surface area (Å²) in [6.07, 6.45) is 4.70. The van der Waals surface area contributed by atoms with Crippen LogP contribution >= 0.6 is 0 Å². The summed E-state index contributed by atoms with van der Waals surface area (Å²) in [5.74, 6) is 0.877. The second-order valence-electron chi connectivity index (χ2n) is 3.35. The van der Waals surface area contributed by atoms with Crippen LogP contribution in [0.3, 0.4) is 0 Å². The SMILES string of the molecule is C=CC(C)NC1CCC1C. The van der Waals surface area contributed by atoms with Crippen LogP contribution in [0.5, 0.6) is 0 Å². The minimum absolute atomic E-state index is 0.479. The molecule has 0 radical (unpaired) electrons. The third-order valence-electron chi connectivity index (χ3n) is 2.45. The smallest absolute Gasteiger partial charge is 0.0221 e. The lowest BCUT2D eigenvalue weighted by Crippen LogP contribution is -2.45. The first kappa shape index (κ1) is 7.80. The molecule has 0 heterocycles. The van der Waals surface area contributed by atoms with E-state index in [-0.39, 0.29) is 0 Å². The average molecular weight is 139 g/mol. The number of hydrogen-bond donors (Lipinski definition) is 1. The Kier molecular flexibility index (Phi) is 2.50. The highest BCUT2D eigenvalue weighted by molar-refractivity contribution is 4.90. The van der Waals surface area contributed by atoms with Gasteiger partial charge in [-0.2, -0.15) is 0 Å². The monoisotopic (exact) mass is 139 g/mol. The molecule has 10 heavy (non-hydrogen) atoms. The quantitative estimate of drug-likeness (QED) is 0.589. The van der Waals surface area contributed by atoms with E-state index in [4.69, 9.17) is 0 Å². The van der Waals surface area contributed by atoms with Gasteiger partial charge in [0.15, 0.2) is 0 Å². The van der Waals surface area contributed by atoms with Crippen LogP contribution in [0.25, 0.3) is 0 Å². The summed E-state index contributed by atoms with van der Waals surface area (Å²) in [5.41, 5.74) is 0. The highest BCUT2D eigenvalue weighted by Gasteiger charge is 2.26. The molecule has 1 saturated carbocycles. The lowest BCUT2D eigenvalue weighted by Gasteiger charge is -2.36. The Labute approximate surface area is 63.5 Å². The van der Waals surface area contributed by atoms with E-state index in [9.17, 15) is 0 Å². The van der Waals surface area contributed by atoms with Crippen molar-refractivity contribution in [3.05, 3.63) is 12.7 Å². The summed E-state index contributed by atoms with van der Waals surface area (Å²) in [7, 11) is 0. The molecule has 3 unspecified atom stereocenters. The van der Waals surface area contributed by atoms with E-state index in [0.717, 1.165) is 12.0 Å². The van der Waals surface area contributed by atoms with Crippen molar-refractivity contribution in [1.29, 1.82) is 0 Å². The second kappa shape index (κ2) is 3.20. The van der Waals surface area contributed by atoms with Gasteiger partial charge in [-0.05, 0) is 25.7 Å². The normalized spacial score (nSPS) is 34.6. The van der Waals surface area contributed by atoms with Crippen LogP contribution in [0.1, 0.15) is 26.7 Å². The molecule has 0 aromatic carbocycles. The van der Waals surface area contributed by atoms with Crippen molar-refractivity contribution in [1.82, 2.24) is 5.32 Å². The van der Waals surface area contributed by atoms with Gasteiger partial charge in [0.2, 0.25) is 0 Å². The summed E-state index contributed by atoms with van der Waals surface area (Å²) in [5, 5.41) is 3.50. The van der Waals surface area contributed by atoms with Crippen LogP contribution in [0.2, 0.25) is 0 Å². The fraction of sp³-hybridized carbons (Fsp3) is 0.778. The summed E-state index contributed by atoms with van der Waals surface area (Å²) in [6, 6.07) is 1.24. The third-order valence-corrected chi connectivity index (χ3v) is 2.45. The predicted octanol–water partition coefficient (Wildman–Crippen LogP) is 1.95. The van der Waals surface area contributed by atoms with Crippen LogP contribution in [0.15, 0.2) is 12.7 Å². The Balaban J connectivity index is 2.18. The van der Waals surface area contributed by atoms with Gasteiger partial charge in [0.25, 0.3) is 0 Å². The predicted molar refractivity (Wildman–Crippen MR) is 45.0 cm³/mol. The second-order valence-corrected chi connectivity index (χ2v) is 3.35. The van der Waals surface area contributed by atoms with E-state index >= 15 is 0 Å². The molecule has 0 aromatic heterocycles. The van der Waals surface area contributed by atoms with E-state index in [1.54, 1.807) is 0 Å². The standard InChI is InChI=1S/C9H17N/c1-4-8(3)10-9-6-5-7(9)2/h4,7-10H,1,5-6H2,2-3H3. The van der Waals surface area contributed by atoms with Gasteiger partial charge in [0, 0.05) is 12.1 Å². The largest absolute Gasteiger partial charge is 0.308 e. The number of nitrogens with one attached hydrogen (secondary N) is 1. The first-order valence-corrected chi connectivity index (χ1v) is 4.12. The molecule has 1 fully saturated rings. The van der Waals surface area contributed by atoms with Gasteiger partial charge < -0.3 is 5.32 Å². The average Bonchev–Trinajstić information content (AvgIpc) is 1.96. The first-order valence-electron chi connectivity index (χ1n) is 4.12. The van der Waals surface area contributed by atoms with Gasteiger partial charge >= 0.3 is 0 Å². The van der Waals surface area contributed by atoms with Crippen LogP contribution in [-0.2, 0) is 0 Å². The lowest BCUT2D eigenvalue weighted by atomic mass is 9.81. The maximum Gasteiger partial charge on any atom is 0.0221 e. The van der Waals surface area contributed by atoms with Gasteiger partial charge in [-0.3, -0.25) is 0 Å². The maximum atomic E-state index is 3.73. The molecule has 0 saturated heterocycles. The fourth-order valence-electron chi connectivity index (χ4n) is 1.32. The molecular formula is C9H17N. The fourth-order valence-corrected chi connectivity index (χ4v) is 1.32. The molecule has 0 spiro atoms. The van der Waals surface area contributed by atoms with E-state index < -0.39 is 0 Å². The van der Waals surface area contributed by atoms with E-state index in [1.807, 2.05) is 6.08 Å². The molecule has 0 aromatic rings. The summed E-state index contributed by atoms with van der Waals surface area (Å²) >= 11 is 0. The zero-order valence-corrected chi connectivity index (χ0v) is 6.93. The Morgan fingerprint density at radius 1 is 1.60 bits per heavy atom. The zero-order chi connectivity index (χ0) is 7.56. The lowest BCUT2D eigenvalue weighted by molar-refractivity contribution is 0.222. The van der Waals surface area contributed by atoms with Gasteiger partial charge in [-0.1, -0.05) is 13.0 Å². The summed E-state index contributed by atoms with van der Waals surface area (Å²) in [4.78, 5) is 0. The molecule has 1 heteroatoms. The van der Waals surface area contributed by atoms with Gasteiger partial charge in [0.1, 0.15) is 0 Å².